The smallest absolute Gasteiger partial charge is 0.162 e. The minimum Gasteiger partial charge on any atom is -0.366 e. The van der Waals surface area contributed by atoms with Crippen LogP contribution >= 0.6 is 11.6 Å². The fourth-order valence-corrected chi connectivity index (χ4v) is 2.98. The summed E-state index contributed by atoms with van der Waals surface area (Å²) in [7, 11) is 0. The molecule has 0 bridgehead atoms. The highest BCUT2D eigenvalue weighted by Gasteiger charge is 2.11. The van der Waals surface area contributed by atoms with Crippen LogP contribution in [0.15, 0.2) is 84.9 Å². The minimum atomic E-state index is -0.316. The molecule has 0 atom stereocenters. The number of hydrogen-bond acceptors (Lipinski definition) is 3. The first-order valence-corrected chi connectivity index (χ1v) is 9.24. The van der Waals surface area contributed by atoms with Crippen LogP contribution in [0.25, 0.3) is 22.6 Å². The fourth-order valence-electron chi connectivity index (χ4n) is 2.86. The van der Waals surface area contributed by atoms with E-state index in [2.05, 4.69) is 15.3 Å². The molecule has 4 aromatic rings. The summed E-state index contributed by atoms with van der Waals surface area (Å²) >= 11 is 5.94. The molecular weight excluding hydrogens is 373 g/mol. The van der Waals surface area contributed by atoms with Gasteiger partial charge in [0.05, 0.1) is 5.69 Å². The molecule has 0 amide bonds. The minimum absolute atomic E-state index is 0.316. The van der Waals surface area contributed by atoms with E-state index in [4.69, 9.17) is 11.6 Å². The number of nitrogens with zero attached hydrogens (tertiary/aromatic N) is 2. The summed E-state index contributed by atoms with van der Waals surface area (Å²) in [5.41, 5.74) is 2.91. The van der Waals surface area contributed by atoms with Crippen molar-refractivity contribution >= 4 is 17.4 Å². The molecule has 0 radical (unpaired) electrons. The van der Waals surface area contributed by atoms with Gasteiger partial charge in [0.15, 0.2) is 5.82 Å². The van der Waals surface area contributed by atoms with E-state index in [1.54, 1.807) is 24.3 Å². The van der Waals surface area contributed by atoms with Gasteiger partial charge in [-0.05, 0) is 29.8 Å². The lowest BCUT2D eigenvalue weighted by Gasteiger charge is -2.11. The van der Waals surface area contributed by atoms with Gasteiger partial charge in [-0.25, -0.2) is 14.4 Å². The van der Waals surface area contributed by atoms with E-state index in [1.807, 2.05) is 54.6 Å². The molecule has 28 heavy (non-hydrogen) atoms. The quantitative estimate of drug-likeness (QED) is 0.440. The van der Waals surface area contributed by atoms with Crippen molar-refractivity contribution in [3.05, 3.63) is 101 Å². The number of aromatic nitrogens is 2. The Labute approximate surface area is 167 Å². The Kier molecular flexibility index (Phi) is 5.31. The molecule has 1 aromatic heterocycles. The second-order valence-electron chi connectivity index (χ2n) is 6.29. The van der Waals surface area contributed by atoms with Gasteiger partial charge in [-0.1, -0.05) is 66.2 Å². The van der Waals surface area contributed by atoms with Crippen molar-refractivity contribution in [2.45, 2.75) is 6.54 Å². The molecule has 1 heterocycles. The number of nitrogens with one attached hydrogen (secondary N) is 1. The topological polar surface area (TPSA) is 37.8 Å². The van der Waals surface area contributed by atoms with Crippen LogP contribution in [0.4, 0.5) is 10.2 Å². The van der Waals surface area contributed by atoms with Crippen molar-refractivity contribution in [2.75, 3.05) is 5.32 Å². The first-order valence-electron chi connectivity index (χ1n) is 8.87. The maximum atomic E-state index is 14.3. The standard InChI is InChI=1S/C23H17ClFN3/c24-18-12-10-16(11-13-18)15-26-22-14-21(19-8-4-5-9-20(19)25)27-23(28-22)17-6-2-1-3-7-17/h1-14H,15H2,(H,26,27,28). The number of anilines is 1. The summed E-state index contributed by atoms with van der Waals surface area (Å²) in [6.07, 6.45) is 0. The van der Waals surface area contributed by atoms with Crippen LogP contribution in [0.5, 0.6) is 0 Å². The number of benzene rings is 3. The van der Waals surface area contributed by atoms with Crippen LogP contribution in [-0.2, 0) is 6.54 Å². The van der Waals surface area contributed by atoms with Gasteiger partial charge in [0.25, 0.3) is 0 Å². The zero-order chi connectivity index (χ0) is 19.3. The molecule has 0 spiro atoms. The molecule has 0 aliphatic carbocycles. The lowest BCUT2D eigenvalue weighted by Crippen LogP contribution is -2.04. The molecule has 3 aromatic carbocycles. The van der Waals surface area contributed by atoms with Gasteiger partial charge < -0.3 is 5.32 Å². The highest BCUT2D eigenvalue weighted by Crippen LogP contribution is 2.26. The number of rotatable bonds is 5. The molecular formula is C23H17ClFN3. The zero-order valence-corrected chi connectivity index (χ0v) is 15.7. The summed E-state index contributed by atoms with van der Waals surface area (Å²) in [5, 5.41) is 4.00. The van der Waals surface area contributed by atoms with Crippen LogP contribution in [-0.4, -0.2) is 9.97 Å². The van der Waals surface area contributed by atoms with Crippen LogP contribution in [0, 0.1) is 5.82 Å². The average Bonchev–Trinajstić information content (AvgIpc) is 2.74. The summed E-state index contributed by atoms with van der Waals surface area (Å²) in [6.45, 7) is 0.569. The molecule has 3 nitrogen and oxygen atoms in total. The molecule has 5 heteroatoms. The normalized spacial score (nSPS) is 10.6. The van der Waals surface area contributed by atoms with E-state index >= 15 is 0 Å². The zero-order valence-electron chi connectivity index (χ0n) is 14.9. The van der Waals surface area contributed by atoms with Crippen LogP contribution in [0.1, 0.15) is 5.56 Å². The van der Waals surface area contributed by atoms with Crippen molar-refractivity contribution in [2.24, 2.45) is 0 Å². The monoisotopic (exact) mass is 389 g/mol. The van der Waals surface area contributed by atoms with Crippen molar-refractivity contribution in [1.82, 2.24) is 9.97 Å². The molecule has 0 aliphatic rings. The van der Waals surface area contributed by atoms with Gasteiger partial charge in [0.1, 0.15) is 11.6 Å². The molecule has 138 valence electrons. The highest BCUT2D eigenvalue weighted by atomic mass is 35.5. The van der Waals surface area contributed by atoms with Gasteiger partial charge in [-0.15, -0.1) is 0 Å². The lowest BCUT2D eigenvalue weighted by molar-refractivity contribution is 0.630. The molecule has 0 saturated carbocycles. The van der Waals surface area contributed by atoms with Crippen LogP contribution < -0.4 is 5.32 Å². The Hall–Kier alpha value is -3.24. The predicted octanol–water partition coefficient (Wildman–Crippen LogP) is 6.22. The Balaban J connectivity index is 1.71. The second kappa shape index (κ2) is 8.19. The Morgan fingerprint density at radius 1 is 0.821 bits per heavy atom. The first kappa shape index (κ1) is 18.1. The first-order chi connectivity index (χ1) is 13.7. The fraction of sp³-hybridized carbons (Fsp3) is 0.0435. The van der Waals surface area contributed by atoms with E-state index in [0.29, 0.717) is 34.5 Å². The summed E-state index contributed by atoms with van der Waals surface area (Å²) < 4.78 is 14.3. The van der Waals surface area contributed by atoms with Crippen molar-refractivity contribution < 1.29 is 4.39 Å². The average molecular weight is 390 g/mol. The number of hydrogen-bond donors (Lipinski definition) is 1. The molecule has 4 rings (SSSR count). The van der Waals surface area contributed by atoms with E-state index < -0.39 is 0 Å². The lowest BCUT2D eigenvalue weighted by atomic mass is 10.1. The summed E-state index contributed by atoms with van der Waals surface area (Å²) in [5.74, 6) is 0.853. The van der Waals surface area contributed by atoms with Gasteiger partial charge >= 0.3 is 0 Å². The van der Waals surface area contributed by atoms with Crippen molar-refractivity contribution in [3.8, 4) is 22.6 Å². The van der Waals surface area contributed by atoms with E-state index in [9.17, 15) is 4.39 Å². The van der Waals surface area contributed by atoms with Gasteiger partial charge in [-0.3, -0.25) is 0 Å². The van der Waals surface area contributed by atoms with Crippen molar-refractivity contribution in [3.63, 3.8) is 0 Å². The molecule has 0 saturated heterocycles. The predicted molar refractivity (Wildman–Crippen MR) is 112 cm³/mol. The van der Waals surface area contributed by atoms with Crippen LogP contribution in [0.3, 0.4) is 0 Å². The van der Waals surface area contributed by atoms with Crippen LogP contribution in [0.2, 0.25) is 5.02 Å². The third-order valence-electron chi connectivity index (χ3n) is 4.29. The third-order valence-corrected chi connectivity index (χ3v) is 4.55. The summed E-state index contributed by atoms with van der Waals surface area (Å²) in [6, 6.07) is 25.6. The van der Waals surface area contributed by atoms with Gasteiger partial charge in [0.2, 0.25) is 0 Å². The van der Waals surface area contributed by atoms with Gasteiger partial charge in [0, 0.05) is 28.8 Å². The van der Waals surface area contributed by atoms with E-state index in [0.717, 1.165) is 11.1 Å². The molecule has 0 unspecified atom stereocenters. The summed E-state index contributed by atoms with van der Waals surface area (Å²) in [4.78, 5) is 9.21. The van der Waals surface area contributed by atoms with Crippen molar-refractivity contribution in [1.29, 1.82) is 0 Å². The molecule has 0 fully saturated rings. The Morgan fingerprint density at radius 2 is 1.54 bits per heavy atom. The largest absolute Gasteiger partial charge is 0.366 e. The Morgan fingerprint density at radius 3 is 2.29 bits per heavy atom. The highest BCUT2D eigenvalue weighted by molar-refractivity contribution is 6.30. The SMILES string of the molecule is Fc1ccccc1-c1cc(NCc2ccc(Cl)cc2)nc(-c2ccccc2)n1. The second-order valence-corrected chi connectivity index (χ2v) is 6.72. The maximum absolute atomic E-state index is 14.3. The van der Waals surface area contributed by atoms with Gasteiger partial charge in [-0.2, -0.15) is 0 Å². The van der Waals surface area contributed by atoms with E-state index in [1.165, 1.54) is 6.07 Å². The molecule has 0 aliphatic heterocycles. The van der Waals surface area contributed by atoms with E-state index in [-0.39, 0.29) is 5.82 Å². The Bertz CT molecular complexity index is 1080. The maximum Gasteiger partial charge on any atom is 0.162 e. The molecule has 1 N–H and O–H groups in total. The number of halogens is 2. The third kappa shape index (κ3) is 4.18.